The molecule has 0 unspecified atom stereocenters. The number of carbonyl (C=O) groups is 1. The van der Waals surface area contributed by atoms with Crippen LogP contribution in [0, 0.1) is 11.6 Å². The zero-order valence-electron chi connectivity index (χ0n) is 20.5. The summed E-state index contributed by atoms with van der Waals surface area (Å²) in [5.74, 6) is -0.832. The third-order valence-electron chi connectivity index (χ3n) is 5.82. The maximum absolute atomic E-state index is 14.0. The van der Waals surface area contributed by atoms with Gasteiger partial charge in [-0.05, 0) is 54.4 Å². The number of anilines is 1. The maximum atomic E-state index is 14.0. The Morgan fingerprint density at radius 3 is 2.47 bits per heavy atom. The van der Waals surface area contributed by atoms with Crippen molar-refractivity contribution in [2.24, 2.45) is 0 Å². The summed E-state index contributed by atoms with van der Waals surface area (Å²) in [6, 6.07) is 20.4. The Kier molecular flexibility index (Phi) is 12.4. The van der Waals surface area contributed by atoms with Crippen molar-refractivity contribution in [2.75, 3.05) is 18.4 Å². The summed E-state index contributed by atoms with van der Waals surface area (Å²) >= 11 is 0. The van der Waals surface area contributed by atoms with Gasteiger partial charge in [-0.3, -0.25) is 4.79 Å². The molecule has 0 spiro atoms. The summed E-state index contributed by atoms with van der Waals surface area (Å²) in [6.45, 7) is 1.27. The number of amides is 1. The first kappa shape index (κ1) is 30.9. The normalized spacial score (nSPS) is 11.2. The molecule has 0 fully saturated rings. The van der Waals surface area contributed by atoms with Gasteiger partial charge in [0.15, 0.2) is 0 Å². The van der Waals surface area contributed by atoms with Gasteiger partial charge in [-0.2, -0.15) is 0 Å². The Hall–Kier alpha value is -3.30. The number of aliphatic hydroxyl groups excluding tert-OH is 1. The lowest BCUT2D eigenvalue weighted by Crippen LogP contribution is -2.23. The van der Waals surface area contributed by atoms with Gasteiger partial charge in [0.25, 0.3) is 0 Å². The molecule has 3 N–H and O–H groups in total. The van der Waals surface area contributed by atoms with Gasteiger partial charge in [-0.25, -0.2) is 13.8 Å². The number of aliphatic hydroxyl groups is 1. The van der Waals surface area contributed by atoms with Gasteiger partial charge in [0.05, 0.1) is 19.1 Å². The first-order valence-electron chi connectivity index (χ1n) is 11.7. The molecule has 1 aromatic heterocycles. The Morgan fingerprint density at radius 1 is 1.00 bits per heavy atom. The van der Waals surface area contributed by atoms with Gasteiger partial charge in [0.1, 0.15) is 17.5 Å². The summed E-state index contributed by atoms with van der Waals surface area (Å²) in [5.41, 5.74) is 2.83. The molecule has 0 saturated heterocycles. The minimum absolute atomic E-state index is 0. The van der Waals surface area contributed by atoms with Crippen LogP contribution in [0.3, 0.4) is 0 Å². The summed E-state index contributed by atoms with van der Waals surface area (Å²) in [7, 11) is 0. The van der Waals surface area contributed by atoms with Gasteiger partial charge in [-0.15, -0.1) is 24.8 Å². The van der Waals surface area contributed by atoms with Crippen molar-refractivity contribution < 1.29 is 18.7 Å². The van der Waals surface area contributed by atoms with Crippen LogP contribution in [-0.4, -0.2) is 33.7 Å². The van der Waals surface area contributed by atoms with Crippen LogP contribution in [0.4, 0.5) is 14.5 Å². The summed E-state index contributed by atoms with van der Waals surface area (Å²) < 4.78 is 29.1. The van der Waals surface area contributed by atoms with Gasteiger partial charge in [0.2, 0.25) is 5.91 Å². The Morgan fingerprint density at radius 2 is 1.74 bits per heavy atom. The molecule has 4 aromatic rings. The molecular weight excluding hydrogens is 533 g/mol. The molecule has 3 aromatic carbocycles. The van der Waals surface area contributed by atoms with Crippen molar-refractivity contribution in [3.63, 3.8) is 0 Å². The van der Waals surface area contributed by atoms with Crippen LogP contribution in [0.1, 0.15) is 28.6 Å². The largest absolute Gasteiger partial charge is 0.387 e. The Labute approximate surface area is 232 Å². The molecule has 0 aliphatic heterocycles. The van der Waals surface area contributed by atoms with Crippen LogP contribution in [0.25, 0.3) is 0 Å². The number of imidazole rings is 1. The minimum atomic E-state index is -0.549. The van der Waals surface area contributed by atoms with E-state index in [4.69, 9.17) is 0 Å². The monoisotopic (exact) mass is 562 g/mol. The lowest BCUT2D eigenvalue weighted by Gasteiger charge is -2.12. The van der Waals surface area contributed by atoms with Crippen LogP contribution in [0.15, 0.2) is 85.2 Å². The molecular formula is C28H30Cl2F2N4O2. The van der Waals surface area contributed by atoms with E-state index in [2.05, 4.69) is 15.6 Å². The summed E-state index contributed by atoms with van der Waals surface area (Å²) in [5, 5.41) is 16.3. The highest BCUT2D eigenvalue weighted by molar-refractivity contribution is 5.91. The van der Waals surface area contributed by atoms with E-state index >= 15 is 0 Å². The number of carbonyl (C=O) groups excluding carboxylic acids is 1. The van der Waals surface area contributed by atoms with E-state index in [-0.39, 0.29) is 49.3 Å². The van der Waals surface area contributed by atoms with E-state index in [0.29, 0.717) is 24.6 Å². The van der Waals surface area contributed by atoms with E-state index in [1.165, 1.54) is 6.20 Å². The first-order chi connectivity index (χ1) is 17.5. The molecule has 38 heavy (non-hydrogen) atoms. The molecule has 0 aliphatic rings. The average Bonchev–Trinajstić information content (AvgIpc) is 3.31. The molecule has 0 radical (unpaired) electrons. The lowest BCUT2D eigenvalue weighted by atomic mass is 10.1. The van der Waals surface area contributed by atoms with Crippen molar-refractivity contribution in [3.8, 4) is 0 Å². The third kappa shape index (κ3) is 8.92. The molecule has 0 bridgehead atoms. The summed E-state index contributed by atoms with van der Waals surface area (Å²) in [6.07, 6.45) is 3.39. The Bertz CT molecular complexity index is 1290. The molecule has 6 nitrogen and oxygen atoms in total. The van der Waals surface area contributed by atoms with Gasteiger partial charge >= 0.3 is 0 Å². The fraction of sp³-hybridized carbons (Fsp3) is 0.214. The van der Waals surface area contributed by atoms with E-state index in [0.717, 1.165) is 35.7 Å². The second-order valence-corrected chi connectivity index (χ2v) is 8.51. The van der Waals surface area contributed by atoms with Crippen LogP contribution in [0.5, 0.6) is 0 Å². The molecule has 10 heteroatoms. The predicted molar refractivity (Wildman–Crippen MR) is 149 cm³/mol. The highest BCUT2D eigenvalue weighted by Gasteiger charge is 2.12. The topological polar surface area (TPSA) is 79.2 Å². The second-order valence-electron chi connectivity index (χ2n) is 8.51. The van der Waals surface area contributed by atoms with Crippen LogP contribution < -0.4 is 10.6 Å². The van der Waals surface area contributed by atoms with Crippen LogP contribution in [-0.2, 0) is 24.2 Å². The fourth-order valence-electron chi connectivity index (χ4n) is 3.87. The SMILES string of the molecule is Cl.Cl.O=C(Cc1nccn1Cc1cc(F)ccc1F)Nc1ccc(CCNC[C@H](O)c2ccccc2)cc1. The lowest BCUT2D eigenvalue weighted by molar-refractivity contribution is -0.115. The zero-order chi connectivity index (χ0) is 25.3. The van der Waals surface area contributed by atoms with Gasteiger partial charge < -0.3 is 20.3 Å². The standard InChI is InChI=1S/C28H28F2N4O2.2ClH/c29-23-8-11-25(30)22(16-23)19-34-15-14-32-27(34)17-28(36)33-24-9-6-20(7-10-24)12-13-31-18-26(35)21-4-2-1-3-5-21;;/h1-11,14-16,26,31,35H,12-13,17-19H2,(H,33,36);2*1H/t26-;;/m0../s1. The first-order valence-corrected chi connectivity index (χ1v) is 11.7. The molecule has 0 saturated carbocycles. The molecule has 202 valence electrons. The van der Waals surface area contributed by atoms with E-state index < -0.39 is 17.7 Å². The third-order valence-corrected chi connectivity index (χ3v) is 5.82. The van der Waals surface area contributed by atoms with E-state index in [1.807, 2.05) is 54.6 Å². The minimum Gasteiger partial charge on any atom is -0.387 e. The average molecular weight is 563 g/mol. The summed E-state index contributed by atoms with van der Waals surface area (Å²) in [4.78, 5) is 16.7. The molecule has 1 amide bonds. The molecule has 0 aliphatic carbocycles. The van der Waals surface area contributed by atoms with Crippen molar-refractivity contribution >= 4 is 36.4 Å². The number of nitrogens with one attached hydrogen (secondary N) is 2. The predicted octanol–water partition coefficient (Wildman–Crippen LogP) is 5.10. The maximum Gasteiger partial charge on any atom is 0.231 e. The molecule has 1 heterocycles. The van der Waals surface area contributed by atoms with Crippen molar-refractivity contribution in [3.05, 3.63) is 119 Å². The van der Waals surface area contributed by atoms with Crippen molar-refractivity contribution in [1.82, 2.24) is 14.9 Å². The zero-order valence-corrected chi connectivity index (χ0v) is 22.2. The molecule has 4 rings (SSSR count). The quantitative estimate of drug-likeness (QED) is 0.222. The smallest absolute Gasteiger partial charge is 0.231 e. The second kappa shape index (κ2) is 15.2. The van der Waals surface area contributed by atoms with Gasteiger partial charge in [0, 0.05) is 30.2 Å². The highest BCUT2D eigenvalue weighted by atomic mass is 35.5. The van der Waals surface area contributed by atoms with E-state index in [1.54, 1.807) is 10.8 Å². The van der Waals surface area contributed by atoms with Crippen LogP contribution >= 0.6 is 24.8 Å². The molecule has 1 atom stereocenters. The van der Waals surface area contributed by atoms with E-state index in [9.17, 15) is 18.7 Å². The number of nitrogens with zero attached hydrogens (tertiary/aromatic N) is 2. The van der Waals surface area contributed by atoms with Gasteiger partial charge in [-0.1, -0.05) is 42.5 Å². The number of hydrogen-bond donors (Lipinski definition) is 3. The fourth-order valence-corrected chi connectivity index (χ4v) is 3.87. The number of halogens is 4. The Balaban J connectivity index is 0.00000253. The number of aromatic nitrogens is 2. The highest BCUT2D eigenvalue weighted by Crippen LogP contribution is 2.15. The van der Waals surface area contributed by atoms with Crippen LogP contribution in [0.2, 0.25) is 0 Å². The van der Waals surface area contributed by atoms with Crippen molar-refractivity contribution in [1.29, 1.82) is 0 Å². The van der Waals surface area contributed by atoms with Crippen molar-refractivity contribution in [2.45, 2.75) is 25.5 Å². The number of benzene rings is 3. The number of hydrogen-bond acceptors (Lipinski definition) is 4. The number of rotatable bonds is 11.